The predicted octanol–water partition coefficient (Wildman–Crippen LogP) is 1.04. The number of methoxy groups -OCH3 is 2. The number of ketones is 1. The molecule has 0 saturated heterocycles. The Morgan fingerprint density at radius 3 is 2.03 bits per heavy atom. The first-order chi connectivity index (χ1) is 16.4. The van der Waals surface area contributed by atoms with E-state index >= 15 is 0 Å². The molecule has 3 aromatic rings. The second kappa shape index (κ2) is 11.3. The number of nitrogens with zero attached hydrogens (tertiary/aromatic N) is 1. The van der Waals surface area contributed by atoms with E-state index in [1.807, 2.05) is 42.5 Å². The molecular weight excluding hydrogens is 470 g/mol. The molecule has 8 heteroatoms. The highest BCUT2D eigenvalue weighted by molar-refractivity contribution is 5.98. The van der Waals surface area contributed by atoms with Crippen LogP contribution in [-0.4, -0.2) is 50.8 Å². The Morgan fingerprint density at radius 2 is 1.40 bits per heavy atom. The molecule has 0 N–H and O–H groups in total. The second-order valence-electron chi connectivity index (χ2n) is 8.47. The number of fused-ring (bicyclic) bond motifs is 1. The highest BCUT2D eigenvalue weighted by atomic mass is 35.5. The fraction of sp³-hybridized carbons (Fsp3) is 0.259. The lowest BCUT2D eigenvalue weighted by Crippen LogP contribution is -3.00. The molecule has 0 aliphatic carbocycles. The molecule has 35 heavy (non-hydrogen) atoms. The number of likely N-dealkylation sites (N-methyl/N-ethyl adjacent to an activating group) is 1. The summed E-state index contributed by atoms with van der Waals surface area (Å²) in [6, 6.07) is 19.9. The van der Waals surface area contributed by atoms with Crippen molar-refractivity contribution in [2.45, 2.75) is 13.0 Å². The van der Waals surface area contributed by atoms with Crippen molar-refractivity contribution >= 4 is 11.7 Å². The number of hydrogen-bond donors (Lipinski definition) is 0. The van der Waals surface area contributed by atoms with Gasteiger partial charge in [-0.1, -0.05) is 12.1 Å². The van der Waals surface area contributed by atoms with E-state index in [1.54, 1.807) is 45.5 Å². The molecular formula is C27H28ClNO6. The van der Waals surface area contributed by atoms with Gasteiger partial charge in [-0.3, -0.25) is 9.28 Å². The van der Waals surface area contributed by atoms with Crippen molar-refractivity contribution in [3.63, 3.8) is 0 Å². The molecule has 1 unspecified atom stereocenters. The van der Waals surface area contributed by atoms with Crippen LogP contribution in [0.5, 0.6) is 23.0 Å². The first-order valence-electron chi connectivity index (χ1n) is 11.0. The highest BCUT2D eigenvalue weighted by Crippen LogP contribution is 2.33. The van der Waals surface area contributed by atoms with Gasteiger partial charge in [0.1, 0.15) is 24.6 Å². The normalized spacial score (nSPS) is 13.3. The lowest BCUT2D eigenvalue weighted by Gasteiger charge is -2.31. The van der Waals surface area contributed by atoms with Crippen LogP contribution in [0, 0.1) is 0 Å². The number of ether oxygens (including phenoxy) is 4. The number of hydrogen-bond acceptors (Lipinski definition) is 6. The van der Waals surface area contributed by atoms with Gasteiger partial charge in [0.15, 0.2) is 11.5 Å². The van der Waals surface area contributed by atoms with Crippen molar-refractivity contribution in [1.29, 1.82) is 0 Å². The average Bonchev–Trinajstić information content (AvgIpc) is 3.32. The van der Waals surface area contributed by atoms with Crippen molar-refractivity contribution in [3.8, 4) is 23.0 Å². The quantitative estimate of drug-likeness (QED) is 0.325. The van der Waals surface area contributed by atoms with Gasteiger partial charge >= 0.3 is 5.91 Å². The van der Waals surface area contributed by atoms with Crippen LogP contribution >= 0.6 is 0 Å². The van der Waals surface area contributed by atoms with Gasteiger partial charge in [-0.05, 0) is 60.2 Å². The molecule has 1 aliphatic heterocycles. The van der Waals surface area contributed by atoms with E-state index < -0.39 is 0 Å². The van der Waals surface area contributed by atoms with Gasteiger partial charge in [-0.2, -0.15) is 0 Å². The van der Waals surface area contributed by atoms with E-state index in [2.05, 4.69) is 0 Å². The number of rotatable bonds is 9. The Morgan fingerprint density at radius 1 is 0.829 bits per heavy atom. The molecule has 0 saturated carbocycles. The zero-order valence-corrected chi connectivity index (χ0v) is 20.7. The topological polar surface area (TPSA) is 71.1 Å². The molecule has 0 fully saturated rings. The maximum absolute atomic E-state index is 13.6. The fourth-order valence-electron chi connectivity index (χ4n) is 3.97. The van der Waals surface area contributed by atoms with E-state index in [-0.39, 0.29) is 48.3 Å². The van der Waals surface area contributed by atoms with Crippen LogP contribution in [0.15, 0.2) is 66.7 Å². The molecule has 1 amide bonds. The van der Waals surface area contributed by atoms with Crippen LogP contribution in [0.25, 0.3) is 0 Å². The third kappa shape index (κ3) is 6.12. The third-order valence-corrected chi connectivity index (χ3v) is 5.99. The number of benzene rings is 3. The van der Waals surface area contributed by atoms with Gasteiger partial charge < -0.3 is 31.4 Å². The maximum Gasteiger partial charge on any atom is 0.318 e. The van der Waals surface area contributed by atoms with Crippen molar-refractivity contribution in [2.24, 2.45) is 0 Å². The monoisotopic (exact) mass is 497 g/mol. The number of Topliss-reactive ketones (excluding diaryl/α,β-unsaturated/α-hetero) is 1. The Kier molecular flexibility index (Phi) is 8.38. The van der Waals surface area contributed by atoms with Crippen LogP contribution in [0.3, 0.4) is 0 Å². The van der Waals surface area contributed by atoms with Crippen LogP contribution in [0.4, 0.5) is 0 Å². The fourth-order valence-corrected chi connectivity index (χ4v) is 3.97. The van der Waals surface area contributed by atoms with Gasteiger partial charge in [0.05, 0.1) is 27.7 Å². The molecule has 1 atom stereocenters. The van der Waals surface area contributed by atoms with E-state index in [0.29, 0.717) is 29.4 Å². The van der Waals surface area contributed by atoms with Crippen molar-refractivity contribution < 1.29 is 45.4 Å². The summed E-state index contributed by atoms with van der Waals surface area (Å²) in [4.78, 5) is 26.8. The minimum Gasteiger partial charge on any atom is -1.00 e. The Hall–Kier alpha value is -3.55. The zero-order chi connectivity index (χ0) is 24.1. The zero-order valence-electron chi connectivity index (χ0n) is 20.0. The van der Waals surface area contributed by atoms with E-state index in [9.17, 15) is 9.59 Å². The lowest BCUT2D eigenvalue weighted by atomic mass is 10.1. The third-order valence-electron chi connectivity index (χ3n) is 5.99. The van der Waals surface area contributed by atoms with Gasteiger partial charge in [0.25, 0.3) is 0 Å². The van der Waals surface area contributed by atoms with Gasteiger partial charge in [-0.25, -0.2) is 4.79 Å². The smallest absolute Gasteiger partial charge is 0.318 e. The summed E-state index contributed by atoms with van der Waals surface area (Å²) in [6.45, 7) is 0.542. The predicted molar refractivity (Wildman–Crippen MR) is 126 cm³/mol. The standard InChI is InChI=1S/C27H28NO6.ClH/c1-28(16-20-6-13-25-26(14-20)34-18-33-25,17-24(29)21-7-11-23(32-3)12-8-21)27(30)15-19-4-9-22(31-2)10-5-19;/h4-14H,15-18H2,1-3H3;1H/q+1;/p-1. The van der Waals surface area contributed by atoms with Crippen LogP contribution in [0.1, 0.15) is 21.5 Å². The second-order valence-corrected chi connectivity index (χ2v) is 8.47. The van der Waals surface area contributed by atoms with Crippen LogP contribution in [0.2, 0.25) is 0 Å². The largest absolute Gasteiger partial charge is 1.00 e. The maximum atomic E-state index is 13.6. The van der Waals surface area contributed by atoms with Crippen LogP contribution in [-0.2, 0) is 17.8 Å². The number of carbonyl (C=O) groups is 2. The number of amides is 1. The molecule has 1 heterocycles. The Labute approximate surface area is 211 Å². The summed E-state index contributed by atoms with van der Waals surface area (Å²) in [5.41, 5.74) is 2.28. The molecule has 3 aromatic carbocycles. The molecule has 4 rings (SSSR count). The number of carbonyl (C=O) groups excluding carboxylic acids is 2. The molecule has 0 bridgehead atoms. The number of quaternary nitrogens is 1. The minimum atomic E-state index is -0.117. The van der Waals surface area contributed by atoms with Crippen molar-refractivity contribution in [3.05, 3.63) is 83.4 Å². The molecule has 1 aliphatic rings. The summed E-state index contributed by atoms with van der Waals surface area (Å²) in [6.07, 6.45) is 0.195. The summed E-state index contributed by atoms with van der Waals surface area (Å²) in [5, 5.41) is 0. The Bertz CT molecular complexity index is 1180. The average molecular weight is 498 g/mol. The summed E-state index contributed by atoms with van der Waals surface area (Å²) < 4.78 is 21.2. The van der Waals surface area contributed by atoms with Gasteiger partial charge in [0, 0.05) is 11.1 Å². The molecule has 7 nitrogen and oxygen atoms in total. The summed E-state index contributed by atoms with van der Waals surface area (Å²) in [5.74, 6) is 2.54. The molecule has 184 valence electrons. The minimum absolute atomic E-state index is 0. The van der Waals surface area contributed by atoms with Gasteiger partial charge in [0.2, 0.25) is 12.6 Å². The van der Waals surface area contributed by atoms with E-state index in [4.69, 9.17) is 18.9 Å². The van der Waals surface area contributed by atoms with Crippen molar-refractivity contribution in [1.82, 2.24) is 0 Å². The first-order valence-corrected chi connectivity index (χ1v) is 11.0. The lowest BCUT2D eigenvalue weighted by molar-refractivity contribution is -0.839. The highest BCUT2D eigenvalue weighted by Gasteiger charge is 2.35. The van der Waals surface area contributed by atoms with Gasteiger partial charge in [-0.15, -0.1) is 0 Å². The SMILES string of the molecule is COc1ccc(CC(=O)[N+](C)(CC(=O)c2ccc(OC)cc2)Cc2ccc3c(c2)OCO3)cc1.[Cl-]. The van der Waals surface area contributed by atoms with E-state index in [1.165, 1.54) is 0 Å². The Balaban J connectivity index is 0.00000342. The summed E-state index contributed by atoms with van der Waals surface area (Å²) in [7, 11) is 4.98. The van der Waals surface area contributed by atoms with Crippen molar-refractivity contribution in [2.75, 3.05) is 34.6 Å². The van der Waals surface area contributed by atoms with E-state index in [0.717, 1.165) is 16.9 Å². The molecule has 0 spiro atoms. The van der Waals surface area contributed by atoms with Crippen LogP contribution < -0.4 is 31.4 Å². The number of halogens is 1. The summed E-state index contributed by atoms with van der Waals surface area (Å²) >= 11 is 0. The molecule has 0 aromatic heterocycles. The molecule has 0 radical (unpaired) electrons. The first kappa shape index (κ1) is 26.1.